The summed E-state index contributed by atoms with van der Waals surface area (Å²) in [7, 11) is 4.80. The summed E-state index contributed by atoms with van der Waals surface area (Å²) in [6.45, 7) is 0. The summed E-state index contributed by atoms with van der Waals surface area (Å²) in [6, 6.07) is 12.6. The molecule has 2 aromatic carbocycles. The van der Waals surface area contributed by atoms with Gasteiger partial charge in [-0.3, -0.25) is 5.10 Å². The Bertz CT molecular complexity index is 863. The Balaban J connectivity index is 1.89. The lowest BCUT2D eigenvalue weighted by Gasteiger charge is -2.10. The molecule has 7 nitrogen and oxygen atoms in total. The van der Waals surface area contributed by atoms with Gasteiger partial charge in [-0.2, -0.15) is 5.10 Å². The second-order valence-corrected chi connectivity index (χ2v) is 5.37. The number of ether oxygens (including phenoxy) is 3. The van der Waals surface area contributed by atoms with E-state index in [-0.39, 0.29) is 0 Å². The van der Waals surface area contributed by atoms with Gasteiger partial charge in [0.05, 0.1) is 27.4 Å². The van der Waals surface area contributed by atoms with E-state index < -0.39 is 6.04 Å². The smallest absolute Gasteiger partial charge is 0.181 e. The van der Waals surface area contributed by atoms with Crippen molar-refractivity contribution in [3.05, 3.63) is 53.9 Å². The monoisotopic (exact) mass is 340 g/mol. The van der Waals surface area contributed by atoms with Gasteiger partial charge in [0.1, 0.15) is 11.6 Å². The second-order valence-electron chi connectivity index (χ2n) is 5.37. The van der Waals surface area contributed by atoms with E-state index >= 15 is 0 Å². The minimum atomic E-state index is -0.434. The van der Waals surface area contributed by atoms with E-state index in [1.807, 2.05) is 42.5 Å². The van der Waals surface area contributed by atoms with Crippen LogP contribution in [0.2, 0.25) is 0 Å². The van der Waals surface area contributed by atoms with Crippen molar-refractivity contribution >= 4 is 0 Å². The van der Waals surface area contributed by atoms with Crippen molar-refractivity contribution in [2.24, 2.45) is 5.73 Å². The largest absolute Gasteiger partial charge is 0.497 e. The van der Waals surface area contributed by atoms with Gasteiger partial charge in [-0.1, -0.05) is 12.1 Å². The molecule has 0 saturated carbocycles. The van der Waals surface area contributed by atoms with E-state index in [0.29, 0.717) is 23.1 Å². The molecule has 3 N–H and O–H groups in total. The highest BCUT2D eigenvalue weighted by atomic mass is 16.5. The summed E-state index contributed by atoms with van der Waals surface area (Å²) in [5, 5.41) is 7.17. The van der Waals surface area contributed by atoms with Gasteiger partial charge >= 0.3 is 0 Å². The van der Waals surface area contributed by atoms with E-state index in [0.717, 1.165) is 16.9 Å². The topological polar surface area (TPSA) is 95.3 Å². The van der Waals surface area contributed by atoms with Crippen LogP contribution in [0.15, 0.2) is 42.5 Å². The molecule has 1 atom stereocenters. The molecule has 130 valence electrons. The highest BCUT2D eigenvalue weighted by Gasteiger charge is 2.16. The Kier molecular flexibility index (Phi) is 4.85. The summed E-state index contributed by atoms with van der Waals surface area (Å²) in [4.78, 5) is 4.51. The molecule has 0 saturated heterocycles. The predicted octanol–water partition coefficient (Wildman–Crippen LogP) is 2.55. The fraction of sp³-hybridized carbons (Fsp3) is 0.222. The third kappa shape index (κ3) is 3.41. The number of hydrogen-bond acceptors (Lipinski definition) is 6. The van der Waals surface area contributed by atoms with Crippen molar-refractivity contribution < 1.29 is 14.2 Å². The van der Waals surface area contributed by atoms with Crippen LogP contribution in [0.4, 0.5) is 0 Å². The van der Waals surface area contributed by atoms with E-state index in [1.165, 1.54) is 0 Å². The second kappa shape index (κ2) is 7.23. The normalized spacial score (nSPS) is 11.8. The molecule has 0 aliphatic carbocycles. The number of rotatable bonds is 6. The Labute approximate surface area is 145 Å². The molecule has 0 spiro atoms. The van der Waals surface area contributed by atoms with Crippen LogP contribution in [0.3, 0.4) is 0 Å². The van der Waals surface area contributed by atoms with Crippen molar-refractivity contribution in [1.29, 1.82) is 0 Å². The zero-order valence-electron chi connectivity index (χ0n) is 14.3. The maximum absolute atomic E-state index is 6.30. The Morgan fingerprint density at radius 3 is 2.48 bits per heavy atom. The average molecular weight is 340 g/mol. The highest BCUT2D eigenvalue weighted by Crippen LogP contribution is 2.31. The molecule has 0 aliphatic heterocycles. The predicted molar refractivity (Wildman–Crippen MR) is 93.9 cm³/mol. The number of nitrogens with two attached hydrogens (primary N) is 1. The molecule has 0 unspecified atom stereocenters. The Hall–Kier alpha value is -3.06. The van der Waals surface area contributed by atoms with Crippen LogP contribution in [0.1, 0.15) is 17.4 Å². The van der Waals surface area contributed by atoms with Crippen molar-refractivity contribution in [3.8, 4) is 28.6 Å². The number of nitrogens with zero attached hydrogens (tertiary/aromatic N) is 2. The van der Waals surface area contributed by atoms with Crippen LogP contribution in [0, 0.1) is 0 Å². The molecular weight excluding hydrogens is 320 g/mol. The number of methoxy groups -OCH3 is 3. The molecule has 7 heteroatoms. The first-order chi connectivity index (χ1) is 12.2. The van der Waals surface area contributed by atoms with Gasteiger partial charge in [0, 0.05) is 5.56 Å². The van der Waals surface area contributed by atoms with Crippen LogP contribution in [-0.4, -0.2) is 36.5 Å². The molecule has 3 rings (SSSR count). The lowest BCUT2D eigenvalue weighted by molar-refractivity contribution is 0.355. The average Bonchev–Trinajstić information content (AvgIpc) is 3.17. The number of aromatic nitrogens is 3. The van der Waals surface area contributed by atoms with Crippen LogP contribution in [-0.2, 0) is 0 Å². The maximum Gasteiger partial charge on any atom is 0.181 e. The summed E-state index contributed by atoms with van der Waals surface area (Å²) >= 11 is 0. The number of H-pyrrole nitrogens is 1. The molecule has 1 heterocycles. The molecule has 0 amide bonds. The first-order valence-corrected chi connectivity index (χ1v) is 7.70. The van der Waals surface area contributed by atoms with Crippen molar-refractivity contribution in [3.63, 3.8) is 0 Å². The maximum atomic E-state index is 6.30. The number of aromatic amines is 1. The summed E-state index contributed by atoms with van der Waals surface area (Å²) in [5.74, 6) is 3.11. The molecule has 1 aromatic heterocycles. The Morgan fingerprint density at radius 2 is 1.76 bits per heavy atom. The molecule has 0 radical (unpaired) electrons. The van der Waals surface area contributed by atoms with Crippen molar-refractivity contribution in [1.82, 2.24) is 15.2 Å². The highest BCUT2D eigenvalue weighted by molar-refractivity contribution is 5.61. The molecule has 3 aromatic rings. The van der Waals surface area contributed by atoms with Crippen molar-refractivity contribution in [2.75, 3.05) is 21.3 Å². The minimum absolute atomic E-state index is 0.434. The van der Waals surface area contributed by atoms with Gasteiger partial charge in [-0.05, 0) is 35.9 Å². The van der Waals surface area contributed by atoms with Crippen LogP contribution < -0.4 is 19.9 Å². The molecule has 0 aliphatic rings. The zero-order valence-corrected chi connectivity index (χ0v) is 14.3. The number of hydrogen-bond donors (Lipinski definition) is 2. The molecule has 25 heavy (non-hydrogen) atoms. The van der Waals surface area contributed by atoms with Gasteiger partial charge in [0.15, 0.2) is 17.3 Å². The van der Waals surface area contributed by atoms with Gasteiger partial charge in [0.2, 0.25) is 0 Å². The fourth-order valence-corrected chi connectivity index (χ4v) is 2.51. The lowest BCUT2D eigenvalue weighted by atomic mass is 10.1. The standard InChI is InChI=1S/C18H20N4O3/c1-23-13-6-4-5-11(9-13)16(19)18-20-17(21-22-18)12-7-8-14(24-2)15(10-12)25-3/h4-10,16H,19H2,1-3H3,(H,20,21,22)/t16-/m1/s1. The van der Waals surface area contributed by atoms with Crippen LogP contribution in [0.25, 0.3) is 11.4 Å². The summed E-state index contributed by atoms with van der Waals surface area (Å²) in [6.07, 6.45) is 0. The van der Waals surface area contributed by atoms with E-state index in [2.05, 4.69) is 15.2 Å². The third-order valence-corrected chi connectivity index (χ3v) is 3.89. The van der Waals surface area contributed by atoms with Gasteiger partial charge in [-0.25, -0.2) is 4.98 Å². The van der Waals surface area contributed by atoms with E-state index in [1.54, 1.807) is 21.3 Å². The van der Waals surface area contributed by atoms with E-state index in [9.17, 15) is 0 Å². The zero-order chi connectivity index (χ0) is 17.8. The minimum Gasteiger partial charge on any atom is -0.497 e. The van der Waals surface area contributed by atoms with Crippen molar-refractivity contribution in [2.45, 2.75) is 6.04 Å². The number of benzene rings is 2. The van der Waals surface area contributed by atoms with Crippen LogP contribution >= 0.6 is 0 Å². The quantitative estimate of drug-likeness (QED) is 0.716. The first kappa shape index (κ1) is 16.8. The van der Waals surface area contributed by atoms with Crippen LogP contribution in [0.5, 0.6) is 17.2 Å². The van der Waals surface area contributed by atoms with E-state index in [4.69, 9.17) is 19.9 Å². The third-order valence-electron chi connectivity index (χ3n) is 3.89. The van der Waals surface area contributed by atoms with Gasteiger partial charge in [-0.15, -0.1) is 0 Å². The first-order valence-electron chi connectivity index (χ1n) is 7.70. The SMILES string of the molecule is COc1cccc([C@@H](N)c2nc(-c3ccc(OC)c(OC)c3)n[nH]2)c1. The number of nitrogens with one attached hydrogen (secondary N) is 1. The van der Waals surface area contributed by atoms with Gasteiger partial charge in [0.25, 0.3) is 0 Å². The summed E-state index contributed by atoms with van der Waals surface area (Å²) in [5.41, 5.74) is 7.99. The fourth-order valence-electron chi connectivity index (χ4n) is 2.51. The summed E-state index contributed by atoms with van der Waals surface area (Å²) < 4.78 is 15.8. The molecule has 0 bridgehead atoms. The Morgan fingerprint density at radius 1 is 0.960 bits per heavy atom. The molecular formula is C18H20N4O3. The molecule has 0 fully saturated rings. The lowest BCUT2D eigenvalue weighted by Crippen LogP contribution is -2.13. The van der Waals surface area contributed by atoms with Gasteiger partial charge < -0.3 is 19.9 Å².